The summed E-state index contributed by atoms with van der Waals surface area (Å²) in [5.74, 6) is 0.545. The molecule has 16 heavy (non-hydrogen) atoms. The number of pyridine rings is 1. The second-order valence-electron chi connectivity index (χ2n) is 3.76. The number of rotatable bonds is 4. The van der Waals surface area contributed by atoms with Gasteiger partial charge in [-0.25, -0.2) is 13.4 Å². The summed E-state index contributed by atoms with van der Waals surface area (Å²) in [6, 6.07) is 1.60. The van der Waals surface area contributed by atoms with E-state index in [2.05, 4.69) is 9.71 Å². The van der Waals surface area contributed by atoms with Crippen LogP contribution in [0, 0.1) is 0 Å². The number of aromatic nitrogens is 1. The van der Waals surface area contributed by atoms with Gasteiger partial charge in [-0.2, -0.15) is 0 Å². The molecule has 0 saturated heterocycles. The molecule has 6 nitrogen and oxygen atoms in total. The zero-order valence-corrected chi connectivity index (χ0v) is 9.62. The fourth-order valence-corrected chi connectivity index (χ4v) is 1.79. The molecular weight excluding hydrogens is 230 g/mol. The third-order valence-corrected chi connectivity index (χ3v) is 2.62. The monoisotopic (exact) mass is 243 g/mol. The quantitative estimate of drug-likeness (QED) is 0.806. The Morgan fingerprint density at radius 2 is 2.25 bits per heavy atom. The van der Waals surface area contributed by atoms with Crippen molar-refractivity contribution in [2.45, 2.75) is 18.9 Å². The number of sulfonamides is 1. The fourth-order valence-electron chi connectivity index (χ4n) is 1.21. The van der Waals surface area contributed by atoms with E-state index in [0.717, 1.165) is 19.1 Å². The second-order valence-corrected chi connectivity index (χ2v) is 5.51. The fraction of sp³-hybridized carbons (Fsp3) is 0.444. The topological polar surface area (TPSA) is 94.3 Å². The lowest BCUT2D eigenvalue weighted by atomic mass is 10.3. The summed E-state index contributed by atoms with van der Waals surface area (Å²) >= 11 is 0. The molecule has 1 heterocycles. The second kappa shape index (κ2) is 3.82. The molecule has 1 aliphatic rings. The molecule has 88 valence electrons. The number of nitrogens with one attached hydrogen (secondary N) is 1. The van der Waals surface area contributed by atoms with Gasteiger partial charge in [0, 0.05) is 12.3 Å². The highest BCUT2D eigenvalue weighted by molar-refractivity contribution is 7.92. The molecule has 0 aromatic carbocycles. The van der Waals surface area contributed by atoms with Gasteiger partial charge in [0.25, 0.3) is 0 Å². The molecule has 1 fully saturated rings. The van der Waals surface area contributed by atoms with E-state index in [1.54, 1.807) is 6.07 Å². The molecule has 1 aromatic heterocycles. The Labute approximate surface area is 93.9 Å². The van der Waals surface area contributed by atoms with Crippen LogP contribution in [0.15, 0.2) is 12.3 Å². The van der Waals surface area contributed by atoms with Gasteiger partial charge < -0.3 is 10.5 Å². The summed E-state index contributed by atoms with van der Waals surface area (Å²) < 4.78 is 30.2. The van der Waals surface area contributed by atoms with Crippen molar-refractivity contribution in [2.75, 3.05) is 16.7 Å². The minimum absolute atomic E-state index is 0.114. The predicted octanol–water partition coefficient (Wildman–Crippen LogP) is 0.576. The molecule has 0 amide bonds. The van der Waals surface area contributed by atoms with E-state index >= 15 is 0 Å². The molecule has 0 unspecified atom stereocenters. The molecule has 0 aliphatic heterocycles. The Hall–Kier alpha value is -1.50. The summed E-state index contributed by atoms with van der Waals surface area (Å²) in [7, 11) is -3.39. The van der Waals surface area contributed by atoms with Crippen molar-refractivity contribution in [1.82, 2.24) is 4.98 Å². The highest BCUT2D eigenvalue weighted by Gasteiger charge is 2.25. The molecule has 1 aromatic rings. The van der Waals surface area contributed by atoms with E-state index < -0.39 is 10.0 Å². The molecule has 3 N–H and O–H groups in total. The third-order valence-electron chi connectivity index (χ3n) is 2.05. The van der Waals surface area contributed by atoms with Crippen LogP contribution in [-0.4, -0.2) is 25.8 Å². The Morgan fingerprint density at radius 1 is 1.56 bits per heavy atom. The van der Waals surface area contributed by atoms with Crippen LogP contribution in [0.25, 0.3) is 0 Å². The first-order valence-corrected chi connectivity index (χ1v) is 6.74. The van der Waals surface area contributed by atoms with Crippen molar-refractivity contribution in [3.8, 4) is 5.75 Å². The minimum atomic E-state index is -3.39. The van der Waals surface area contributed by atoms with Crippen molar-refractivity contribution in [2.24, 2.45) is 0 Å². The SMILES string of the molecule is CS(=O)(=O)Nc1c(OC2CC2)ccnc1N. The number of nitrogen functional groups attached to an aromatic ring is 1. The number of hydrogen-bond donors (Lipinski definition) is 2. The standard InChI is InChI=1S/C9H13N3O3S/c1-16(13,14)12-8-7(15-6-2-3-6)4-5-11-9(8)10/h4-6,12H,2-3H2,1H3,(H2,10,11). The van der Waals surface area contributed by atoms with Crippen molar-refractivity contribution < 1.29 is 13.2 Å². The average Bonchev–Trinajstić information content (AvgIpc) is 2.93. The highest BCUT2D eigenvalue weighted by atomic mass is 32.2. The van der Waals surface area contributed by atoms with Gasteiger partial charge in [0.2, 0.25) is 10.0 Å². The molecule has 7 heteroatoms. The Kier molecular flexibility index (Phi) is 2.63. The Morgan fingerprint density at radius 3 is 2.81 bits per heavy atom. The Balaban J connectivity index is 2.31. The van der Waals surface area contributed by atoms with E-state index in [0.29, 0.717) is 5.75 Å². The van der Waals surface area contributed by atoms with E-state index in [1.165, 1.54) is 6.20 Å². The lowest BCUT2D eigenvalue weighted by molar-refractivity contribution is 0.305. The van der Waals surface area contributed by atoms with Gasteiger partial charge in [0.1, 0.15) is 11.4 Å². The molecule has 0 atom stereocenters. The van der Waals surface area contributed by atoms with Gasteiger partial charge in [-0.15, -0.1) is 0 Å². The van der Waals surface area contributed by atoms with E-state index in [4.69, 9.17) is 10.5 Å². The van der Waals surface area contributed by atoms with Gasteiger partial charge >= 0.3 is 0 Å². The maximum absolute atomic E-state index is 11.2. The van der Waals surface area contributed by atoms with Crippen LogP contribution < -0.4 is 15.2 Å². The van der Waals surface area contributed by atoms with E-state index in [9.17, 15) is 8.42 Å². The van der Waals surface area contributed by atoms with Gasteiger partial charge in [0.05, 0.1) is 12.4 Å². The zero-order valence-electron chi connectivity index (χ0n) is 8.80. The van der Waals surface area contributed by atoms with Crippen LogP contribution in [0.5, 0.6) is 5.75 Å². The number of ether oxygens (including phenoxy) is 1. The summed E-state index contributed by atoms with van der Waals surface area (Å²) in [4.78, 5) is 3.82. The summed E-state index contributed by atoms with van der Waals surface area (Å²) in [5, 5.41) is 0. The van der Waals surface area contributed by atoms with Gasteiger partial charge in [-0.1, -0.05) is 0 Å². The number of nitrogens with two attached hydrogens (primary N) is 1. The zero-order chi connectivity index (χ0) is 11.8. The normalized spacial score (nSPS) is 15.8. The van der Waals surface area contributed by atoms with Crippen molar-refractivity contribution in [3.63, 3.8) is 0 Å². The van der Waals surface area contributed by atoms with Crippen LogP contribution in [0.2, 0.25) is 0 Å². The first-order chi connectivity index (χ1) is 7.46. The van der Waals surface area contributed by atoms with Crippen molar-refractivity contribution in [1.29, 1.82) is 0 Å². The maximum Gasteiger partial charge on any atom is 0.230 e. The molecule has 0 radical (unpaired) electrons. The maximum atomic E-state index is 11.2. The van der Waals surface area contributed by atoms with Crippen molar-refractivity contribution >= 4 is 21.5 Å². The van der Waals surface area contributed by atoms with Gasteiger partial charge in [-0.3, -0.25) is 4.72 Å². The lowest BCUT2D eigenvalue weighted by Gasteiger charge is -2.12. The van der Waals surface area contributed by atoms with Crippen molar-refractivity contribution in [3.05, 3.63) is 12.3 Å². The summed E-state index contributed by atoms with van der Waals surface area (Å²) in [5.41, 5.74) is 5.83. The molecule has 2 rings (SSSR count). The lowest BCUT2D eigenvalue weighted by Crippen LogP contribution is -2.13. The molecule has 1 saturated carbocycles. The smallest absolute Gasteiger partial charge is 0.230 e. The largest absolute Gasteiger partial charge is 0.488 e. The summed E-state index contributed by atoms with van der Waals surface area (Å²) in [6.07, 6.45) is 4.68. The Bertz CT molecular complexity index is 497. The van der Waals surface area contributed by atoms with E-state index in [1.807, 2.05) is 0 Å². The van der Waals surface area contributed by atoms with Crippen LogP contribution in [0.4, 0.5) is 11.5 Å². The molecular formula is C9H13N3O3S. The molecule has 0 bridgehead atoms. The molecule has 1 aliphatic carbocycles. The first-order valence-electron chi connectivity index (χ1n) is 4.84. The van der Waals surface area contributed by atoms with Crippen LogP contribution in [0.1, 0.15) is 12.8 Å². The average molecular weight is 243 g/mol. The number of nitrogens with zero attached hydrogens (tertiary/aromatic N) is 1. The molecule has 0 spiro atoms. The number of hydrogen-bond acceptors (Lipinski definition) is 5. The van der Waals surface area contributed by atoms with Crippen LogP contribution in [0.3, 0.4) is 0 Å². The van der Waals surface area contributed by atoms with Crippen LogP contribution >= 0.6 is 0 Å². The minimum Gasteiger partial charge on any atom is -0.488 e. The predicted molar refractivity (Wildman–Crippen MR) is 60.8 cm³/mol. The summed E-state index contributed by atoms with van der Waals surface area (Å²) in [6.45, 7) is 0. The van der Waals surface area contributed by atoms with Gasteiger partial charge in [0.15, 0.2) is 5.82 Å². The van der Waals surface area contributed by atoms with Gasteiger partial charge in [-0.05, 0) is 12.8 Å². The number of anilines is 2. The third kappa shape index (κ3) is 2.75. The first kappa shape index (κ1) is 11.0. The van der Waals surface area contributed by atoms with Crippen LogP contribution in [-0.2, 0) is 10.0 Å². The van der Waals surface area contributed by atoms with E-state index in [-0.39, 0.29) is 17.6 Å². The highest BCUT2D eigenvalue weighted by Crippen LogP contribution is 2.34.